The summed E-state index contributed by atoms with van der Waals surface area (Å²) >= 11 is 0. The first-order valence-corrected chi connectivity index (χ1v) is 12.1. The molecule has 2 saturated heterocycles. The largest absolute Gasteiger partial charge is 0.355 e. The Kier molecular flexibility index (Phi) is 7.00. The molecule has 0 radical (unpaired) electrons. The average molecular weight is 465 g/mol. The molecule has 8 nitrogen and oxygen atoms in total. The number of likely N-dealkylation sites (N-methyl/N-ethyl adjacent to an activating group) is 1. The predicted octanol–water partition coefficient (Wildman–Crippen LogP) is 2.26. The summed E-state index contributed by atoms with van der Waals surface area (Å²) in [6.45, 7) is 8.11. The smallest absolute Gasteiger partial charge is 0.272 e. The van der Waals surface area contributed by atoms with Crippen LogP contribution in [-0.2, 0) is 5.41 Å². The second kappa shape index (κ2) is 9.80. The van der Waals surface area contributed by atoms with Gasteiger partial charge in [-0.25, -0.2) is 9.97 Å². The topological polar surface area (TPSA) is 81.7 Å². The van der Waals surface area contributed by atoms with Crippen molar-refractivity contribution in [1.82, 2.24) is 30.0 Å². The Morgan fingerprint density at radius 1 is 1.06 bits per heavy atom. The molecule has 2 aromatic rings. The molecule has 2 aliphatic heterocycles. The van der Waals surface area contributed by atoms with Crippen molar-refractivity contribution in [3.63, 3.8) is 0 Å². The highest BCUT2D eigenvalue weighted by atomic mass is 16.2. The van der Waals surface area contributed by atoms with Crippen LogP contribution in [0.5, 0.6) is 0 Å². The van der Waals surface area contributed by atoms with Gasteiger partial charge in [-0.15, -0.1) is 0 Å². The standard InChI is InChI=1S/C26H36N6O2/c1-18-28-21(16-23(29-18)26(2)9-11-30(4)12-10-26)25(34)32-14-13-31(5)22(17-32)19-7-6-8-20(15-19)24(33)27-3/h6-8,15-16,22H,9-14,17H2,1-5H3,(H,27,33). The Balaban J connectivity index is 1.57. The molecular formula is C26H36N6O2. The highest BCUT2D eigenvalue weighted by Crippen LogP contribution is 2.34. The van der Waals surface area contributed by atoms with Crippen molar-refractivity contribution in [2.24, 2.45) is 0 Å². The van der Waals surface area contributed by atoms with Gasteiger partial charge in [0.15, 0.2) is 0 Å². The number of amides is 2. The van der Waals surface area contributed by atoms with Crippen molar-refractivity contribution in [1.29, 1.82) is 0 Å². The zero-order chi connectivity index (χ0) is 24.5. The molecule has 1 aromatic carbocycles. The Morgan fingerprint density at radius 3 is 2.50 bits per heavy atom. The van der Waals surface area contributed by atoms with Crippen LogP contribution in [0.15, 0.2) is 30.3 Å². The van der Waals surface area contributed by atoms with Crippen LogP contribution >= 0.6 is 0 Å². The monoisotopic (exact) mass is 464 g/mol. The average Bonchev–Trinajstić information content (AvgIpc) is 2.85. The van der Waals surface area contributed by atoms with Gasteiger partial charge in [-0.3, -0.25) is 14.5 Å². The number of nitrogens with zero attached hydrogens (tertiary/aromatic N) is 5. The molecule has 4 rings (SSSR count). The molecule has 2 fully saturated rings. The van der Waals surface area contributed by atoms with Gasteiger partial charge in [0.1, 0.15) is 11.5 Å². The van der Waals surface area contributed by atoms with Gasteiger partial charge in [0.25, 0.3) is 11.8 Å². The number of carbonyl (C=O) groups is 2. The minimum absolute atomic E-state index is 0.0103. The predicted molar refractivity (Wildman–Crippen MR) is 132 cm³/mol. The first kappa shape index (κ1) is 24.3. The molecule has 1 atom stereocenters. The van der Waals surface area contributed by atoms with Crippen LogP contribution < -0.4 is 5.32 Å². The van der Waals surface area contributed by atoms with E-state index in [1.807, 2.05) is 42.2 Å². The molecule has 0 bridgehead atoms. The van der Waals surface area contributed by atoms with Crippen LogP contribution in [0, 0.1) is 6.92 Å². The van der Waals surface area contributed by atoms with Crippen LogP contribution in [0.3, 0.4) is 0 Å². The Morgan fingerprint density at radius 2 is 1.79 bits per heavy atom. The molecule has 1 aromatic heterocycles. The number of aromatic nitrogens is 2. The lowest BCUT2D eigenvalue weighted by Gasteiger charge is -2.40. The van der Waals surface area contributed by atoms with Gasteiger partial charge in [-0.2, -0.15) is 0 Å². The molecule has 0 saturated carbocycles. The van der Waals surface area contributed by atoms with Crippen LogP contribution in [0.4, 0.5) is 0 Å². The van der Waals surface area contributed by atoms with Crippen molar-refractivity contribution in [2.75, 3.05) is 53.9 Å². The van der Waals surface area contributed by atoms with Crippen LogP contribution in [0.25, 0.3) is 0 Å². The SMILES string of the molecule is CNC(=O)c1cccc(C2CN(C(=O)c3cc(C4(C)CCN(C)CC4)nc(C)n3)CCN2C)c1. The number of hydrogen-bond donors (Lipinski definition) is 1. The Hall–Kier alpha value is -2.84. The molecule has 0 spiro atoms. The summed E-state index contributed by atoms with van der Waals surface area (Å²) in [5.41, 5.74) is 3.06. The third-order valence-corrected chi connectivity index (χ3v) is 7.46. The van der Waals surface area contributed by atoms with E-state index < -0.39 is 0 Å². The fourth-order valence-corrected chi connectivity index (χ4v) is 4.97. The second-order valence-corrected chi connectivity index (χ2v) is 10.0. The van der Waals surface area contributed by atoms with E-state index in [-0.39, 0.29) is 23.3 Å². The highest BCUT2D eigenvalue weighted by Gasteiger charge is 2.34. The summed E-state index contributed by atoms with van der Waals surface area (Å²) in [6.07, 6.45) is 2.04. The molecule has 182 valence electrons. The van der Waals surface area contributed by atoms with E-state index in [9.17, 15) is 9.59 Å². The number of carbonyl (C=O) groups excluding carboxylic acids is 2. The van der Waals surface area contributed by atoms with E-state index in [0.717, 1.165) is 43.7 Å². The van der Waals surface area contributed by atoms with E-state index in [1.54, 1.807) is 7.05 Å². The van der Waals surface area contributed by atoms with E-state index in [0.29, 0.717) is 30.2 Å². The second-order valence-electron chi connectivity index (χ2n) is 10.0. The maximum atomic E-state index is 13.6. The van der Waals surface area contributed by atoms with Gasteiger partial charge >= 0.3 is 0 Å². The lowest BCUT2D eigenvalue weighted by atomic mass is 9.77. The third-order valence-electron chi connectivity index (χ3n) is 7.46. The van der Waals surface area contributed by atoms with Crippen LogP contribution in [0.1, 0.15) is 63.7 Å². The molecule has 3 heterocycles. The fourth-order valence-electron chi connectivity index (χ4n) is 4.97. The molecule has 0 aliphatic carbocycles. The zero-order valence-electron chi connectivity index (χ0n) is 21.0. The van der Waals surface area contributed by atoms with Gasteiger partial charge in [0, 0.05) is 37.7 Å². The molecule has 34 heavy (non-hydrogen) atoms. The maximum Gasteiger partial charge on any atom is 0.272 e. The molecule has 2 amide bonds. The molecule has 1 unspecified atom stereocenters. The number of rotatable bonds is 4. The number of likely N-dealkylation sites (tertiary alicyclic amines) is 1. The number of benzene rings is 1. The van der Waals surface area contributed by atoms with Gasteiger partial charge in [-0.05, 0) is 70.7 Å². The summed E-state index contributed by atoms with van der Waals surface area (Å²) in [5, 5.41) is 2.68. The van der Waals surface area contributed by atoms with Crippen LogP contribution in [-0.4, -0.2) is 90.3 Å². The highest BCUT2D eigenvalue weighted by molar-refractivity contribution is 5.94. The first-order valence-electron chi connectivity index (χ1n) is 12.1. The zero-order valence-corrected chi connectivity index (χ0v) is 21.0. The maximum absolute atomic E-state index is 13.6. The van der Waals surface area contributed by atoms with E-state index in [2.05, 4.69) is 41.1 Å². The summed E-state index contributed by atoms with van der Waals surface area (Å²) in [7, 11) is 5.84. The number of hydrogen-bond acceptors (Lipinski definition) is 6. The fraction of sp³-hybridized carbons (Fsp3) is 0.538. The molecular weight excluding hydrogens is 428 g/mol. The number of nitrogens with one attached hydrogen (secondary N) is 1. The number of piperidine rings is 1. The quantitative estimate of drug-likeness (QED) is 0.748. The van der Waals surface area contributed by atoms with Crippen molar-refractivity contribution in [3.05, 3.63) is 58.7 Å². The summed E-state index contributed by atoms with van der Waals surface area (Å²) in [6, 6.07) is 9.58. The van der Waals surface area contributed by atoms with Gasteiger partial charge in [-0.1, -0.05) is 19.1 Å². The van der Waals surface area contributed by atoms with Crippen LogP contribution in [0.2, 0.25) is 0 Å². The number of aryl methyl sites for hydroxylation is 1. The van der Waals surface area contributed by atoms with E-state index >= 15 is 0 Å². The summed E-state index contributed by atoms with van der Waals surface area (Å²) in [5.74, 6) is 0.480. The summed E-state index contributed by atoms with van der Waals surface area (Å²) < 4.78 is 0. The van der Waals surface area contributed by atoms with Gasteiger partial charge < -0.3 is 15.1 Å². The summed E-state index contributed by atoms with van der Waals surface area (Å²) in [4.78, 5) is 41.5. The first-order chi connectivity index (χ1) is 16.2. The van der Waals surface area contributed by atoms with E-state index in [4.69, 9.17) is 4.98 Å². The Bertz CT molecular complexity index is 1060. The molecule has 8 heteroatoms. The lowest BCUT2D eigenvalue weighted by Crippen LogP contribution is -2.49. The minimum Gasteiger partial charge on any atom is -0.355 e. The Labute approximate surface area is 202 Å². The lowest BCUT2D eigenvalue weighted by molar-refractivity contribution is 0.0539. The van der Waals surface area contributed by atoms with Gasteiger partial charge in [0.05, 0.1) is 11.7 Å². The minimum atomic E-state index is -0.111. The third kappa shape index (κ3) is 4.98. The van der Waals surface area contributed by atoms with Crippen molar-refractivity contribution >= 4 is 11.8 Å². The molecule has 1 N–H and O–H groups in total. The van der Waals surface area contributed by atoms with E-state index in [1.165, 1.54) is 0 Å². The van der Waals surface area contributed by atoms with Gasteiger partial charge in [0.2, 0.25) is 0 Å². The van der Waals surface area contributed by atoms with Crippen molar-refractivity contribution in [3.8, 4) is 0 Å². The molecule has 2 aliphatic rings. The normalized spacial score (nSPS) is 21.3. The number of piperazine rings is 1. The van der Waals surface area contributed by atoms with Crippen molar-refractivity contribution < 1.29 is 9.59 Å². The van der Waals surface area contributed by atoms with Crippen molar-refractivity contribution in [2.45, 2.75) is 38.1 Å².